The highest BCUT2D eigenvalue weighted by Gasteiger charge is 2.39. The lowest BCUT2D eigenvalue weighted by atomic mass is 9.85. The fourth-order valence-electron chi connectivity index (χ4n) is 3.52. The first-order chi connectivity index (χ1) is 14.5. The van der Waals surface area contributed by atoms with Crippen molar-refractivity contribution in [2.24, 2.45) is 5.92 Å². The van der Waals surface area contributed by atoms with Crippen molar-refractivity contribution >= 4 is 5.91 Å². The van der Waals surface area contributed by atoms with E-state index in [1.165, 1.54) is 31.2 Å². The topological polar surface area (TPSA) is 84.3 Å². The minimum atomic E-state index is -4.65. The molecule has 1 heterocycles. The van der Waals surface area contributed by atoms with Gasteiger partial charge in [-0.25, -0.2) is 9.97 Å². The van der Waals surface area contributed by atoms with Crippen molar-refractivity contribution in [3.8, 4) is 5.75 Å². The van der Waals surface area contributed by atoms with E-state index < -0.39 is 36.4 Å². The molecule has 1 aliphatic rings. The molecule has 2 N–H and O–H groups in total. The molecule has 0 fully saturated rings. The summed E-state index contributed by atoms with van der Waals surface area (Å²) in [4.78, 5) is 20.1. The van der Waals surface area contributed by atoms with Crippen LogP contribution in [0.15, 0.2) is 24.3 Å². The number of nitrogens with zero attached hydrogens (tertiary/aromatic N) is 2. The predicted molar refractivity (Wildman–Crippen MR) is 98.3 cm³/mol. The third-order valence-electron chi connectivity index (χ3n) is 4.98. The molecule has 168 valence electrons. The van der Waals surface area contributed by atoms with Gasteiger partial charge in [-0.05, 0) is 43.9 Å². The van der Waals surface area contributed by atoms with Gasteiger partial charge in [0.1, 0.15) is 11.6 Å². The Hall–Kier alpha value is -2.82. The highest BCUT2D eigenvalue weighted by molar-refractivity contribution is 5.79. The second-order valence-electron chi connectivity index (χ2n) is 7.19. The van der Waals surface area contributed by atoms with E-state index in [1.54, 1.807) is 0 Å². The molecule has 0 aliphatic heterocycles. The van der Waals surface area contributed by atoms with Crippen LogP contribution in [0.4, 0.5) is 22.0 Å². The van der Waals surface area contributed by atoms with Gasteiger partial charge in [-0.15, -0.1) is 0 Å². The van der Waals surface area contributed by atoms with E-state index >= 15 is 0 Å². The van der Waals surface area contributed by atoms with Crippen LogP contribution in [-0.4, -0.2) is 34.1 Å². The van der Waals surface area contributed by atoms with Gasteiger partial charge in [-0.1, -0.05) is 12.1 Å². The minimum absolute atomic E-state index is 0.0297. The van der Waals surface area contributed by atoms with Gasteiger partial charge in [0.2, 0.25) is 5.91 Å². The van der Waals surface area contributed by atoms with E-state index in [-0.39, 0.29) is 36.5 Å². The SMILES string of the molecule is Cc1nc2c(c(C(F)(F)F)n1)C[C@@H](C(=O)NC[C@H](O)c1ccc(OC(F)F)cc1)CC2. The first kappa shape index (κ1) is 22.9. The second kappa shape index (κ2) is 9.13. The van der Waals surface area contributed by atoms with Crippen LogP contribution in [-0.2, 0) is 23.8 Å². The first-order valence-corrected chi connectivity index (χ1v) is 9.48. The summed E-state index contributed by atoms with van der Waals surface area (Å²) in [7, 11) is 0. The van der Waals surface area contributed by atoms with Crippen LogP contribution < -0.4 is 10.1 Å². The Balaban J connectivity index is 1.62. The summed E-state index contributed by atoms with van der Waals surface area (Å²) < 4.78 is 68.6. The maximum atomic E-state index is 13.3. The average Bonchev–Trinajstić information content (AvgIpc) is 2.70. The number of hydrogen-bond donors (Lipinski definition) is 2. The second-order valence-corrected chi connectivity index (χ2v) is 7.19. The lowest BCUT2D eigenvalue weighted by Gasteiger charge is -2.26. The normalized spacial score (nSPS) is 17.2. The van der Waals surface area contributed by atoms with Crippen LogP contribution in [0.2, 0.25) is 0 Å². The maximum absolute atomic E-state index is 13.3. The van der Waals surface area contributed by atoms with Crippen molar-refractivity contribution in [1.29, 1.82) is 0 Å². The summed E-state index contributed by atoms with van der Waals surface area (Å²) >= 11 is 0. The van der Waals surface area contributed by atoms with Crippen molar-refractivity contribution < 1.29 is 36.6 Å². The van der Waals surface area contributed by atoms with E-state index in [4.69, 9.17) is 0 Å². The van der Waals surface area contributed by atoms with Gasteiger partial charge in [0, 0.05) is 23.7 Å². The molecule has 0 spiro atoms. The number of amides is 1. The van der Waals surface area contributed by atoms with Crippen LogP contribution in [0.25, 0.3) is 0 Å². The van der Waals surface area contributed by atoms with Crippen molar-refractivity contribution in [3.05, 3.63) is 52.6 Å². The summed E-state index contributed by atoms with van der Waals surface area (Å²) in [6.07, 6.45) is -5.38. The van der Waals surface area contributed by atoms with Crippen LogP contribution in [0.3, 0.4) is 0 Å². The standard InChI is InChI=1S/C20H20F5N3O3/c1-10-27-15-7-4-12(8-14(15)17(28-10)20(23,24)25)18(30)26-9-16(29)11-2-5-13(6-3-11)31-19(21)22/h2-3,5-6,12,16,19,29H,4,7-9H2,1H3,(H,26,30)/t12-,16-/m0/s1. The van der Waals surface area contributed by atoms with Crippen LogP contribution in [0.1, 0.15) is 40.9 Å². The van der Waals surface area contributed by atoms with Crippen molar-refractivity contribution in [1.82, 2.24) is 15.3 Å². The van der Waals surface area contributed by atoms with Gasteiger partial charge in [0.15, 0.2) is 5.69 Å². The summed E-state index contributed by atoms with van der Waals surface area (Å²) in [5, 5.41) is 12.7. The molecule has 0 bridgehead atoms. The van der Waals surface area contributed by atoms with Gasteiger partial charge >= 0.3 is 12.8 Å². The Labute approximate surface area is 174 Å². The summed E-state index contributed by atoms with van der Waals surface area (Å²) in [6, 6.07) is 5.26. The molecule has 1 aliphatic carbocycles. The van der Waals surface area contributed by atoms with Gasteiger partial charge in [0.05, 0.1) is 6.10 Å². The summed E-state index contributed by atoms with van der Waals surface area (Å²) in [6.45, 7) is -1.77. The molecule has 1 aromatic heterocycles. The largest absolute Gasteiger partial charge is 0.435 e. The number of halogens is 5. The molecule has 2 aromatic rings. The zero-order valence-electron chi connectivity index (χ0n) is 16.4. The number of nitrogens with one attached hydrogen (secondary N) is 1. The number of carbonyl (C=O) groups excluding carboxylic acids is 1. The third kappa shape index (κ3) is 5.66. The molecule has 2 atom stereocenters. The van der Waals surface area contributed by atoms with Crippen LogP contribution in [0, 0.1) is 12.8 Å². The smallest absolute Gasteiger partial charge is 0.433 e. The van der Waals surface area contributed by atoms with E-state index in [1.807, 2.05) is 0 Å². The quantitative estimate of drug-likeness (QED) is 0.667. The molecule has 1 amide bonds. The number of carbonyl (C=O) groups is 1. The Morgan fingerprint density at radius 3 is 2.55 bits per heavy atom. The van der Waals surface area contributed by atoms with Gasteiger partial charge in [-0.3, -0.25) is 4.79 Å². The van der Waals surface area contributed by atoms with E-state index in [0.29, 0.717) is 17.7 Å². The molecule has 3 rings (SSSR count). The molecule has 0 saturated carbocycles. The molecular weight excluding hydrogens is 425 g/mol. The highest BCUT2D eigenvalue weighted by atomic mass is 19.4. The summed E-state index contributed by atoms with van der Waals surface area (Å²) in [5.41, 5.74) is -0.424. The first-order valence-electron chi connectivity index (χ1n) is 9.48. The summed E-state index contributed by atoms with van der Waals surface area (Å²) in [5.74, 6) is -1.25. The molecule has 0 unspecified atom stereocenters. The minimum Gasteiger partial charge on any atom is -0.435 e. The molecule has 6 nitrogen and oxygen atoms in total. The average molecular weight is 445 g/mol. The van der Waals surface area contributed by atoms with Gasteiger partial charge < -0.3 is 15.2 Å². The Morgan fingerprint density at radius 2 is 1.94 bits per heavy atom. The fraction of sp³-hybridized carbons (Fsp3) is 0.450. The number of benzene rings is 1. The van der Waals surface area contributed by atoms with Crippen molar-refractivity contribution in [2.75, 3.05) is 6.54 Å². The van der Waals surface area contributed by atoms with E-state index in [9.17, 15) is 31.9 Å². The van der Waals surface area contributed by atoms with Crippen LogP contribution in [0.5, 0.6) is 5.75 Å². The molecule has 0 saturated heterocycles. The number of fused-ring (bicyclic) bond motifs is 1. The number of hydrogen-bond acceptors (Lipinski definition) is 5. The predicted octanol–water partition coefficient (Wildman–Crippen LogP) is 3.36. The zero-order valence-corrected chi connectivity index (χ0v) is 16.4. The van der Waals surface area contributed by atoms with Gasteiger partial charge in [0.25, 0.3) is 0 Å². The Kier molecular flexibility index (Phi) is 6.73. The Morgan fingerprint density at radius 1 is 1.26 bits per heavy atom. The molecule has 31 heavy (non-hydrogen) atoms. The molecule has 11 heteroatoms. The van der Waals surface area contributed by atoms with Crippen molar-refractivity contribution in [3.63, 3.8) is 0 Å². The molecule has 0 radical (unpaired) electrons. The third-order valence-corrected chi connectivity index (χ3v) is 4.98. The van der Waals surface area contributed by atoms with Crippen LogP contribution >= 0.6 is 0 Å². The Bertz CT molecular complexity index is 935. The van der Waals surface area contributed by atoms with Crippen molar-refractivity contribution in [2.45, 2.75) is 45.1 Å². The number of aryl methyl sites for hydroxylation is 2. The van der Waals surface area contributed by atoms with E-state index in [0.717, 1.165) is 0 Å². The number of aliphatic hydroxyl groups is 1. The van der Waals surface area contributed by atoms with E-state index in [2.05, 4.69) is 20.0 Å². The lowest BCUT2D eigenvalue weighted by molar-refractivity contribution is -0.142. The zero-order chi connectivity index (χ0) is 22.8. The number of ether oxygens (including phenoxy) is 1. The number of alkyl halides is 5. The molecular formula is C20H20F5N3O3. The maximum Gasteiger partial charge on any atom is 0.433 e. The highest BCUT2D eigenvalue weighted by Crippen LogP contribution is 2.36. The fourth-order valence-corrected chi connectivity index (χ4v) is 3.52. The lowest BCUT2D eigenvalue weighted by Crippen LogP contribution is -2.37. The number of rotatable bonds is 6. The molecule has 1 aromatic carbocycles. The monoisotopic (exact) mass is 445 g/mol. The number of aliphatic hydroxyl groups excluding tert-OH is 1. The van der Waals surface area contributed by atoms with Gasteiger partial charge in [-0.2, -0.15) is 22.0 Å². The number of aromatic nitrogens is 2.